The van der Waals surface area contributed by atoms with Crippen LogP contribution in [-0.2, 0) is 11.3 Å². The van der Waals surface area contributed by atoms with E-state index in [1.165, 1.54) is 21.7 Å². The molecule has 0 aliphatic carbocycles. The normalized spacial score (nSPS) is 12.0. The molecule has 1 rings (SSSR count). The smallest absolute Gasteiger partial charge is 0.305 e. The first-order valence-corrected chi connectivity index (χ1v) is 7.01. The molecule has 7 nitrogen and oxygen atoms in total. The van der Waals surface area contributed by atoms with Crippen molar-refractivity contribution in [3.05, 3.63) is 28.2 Å². The summed E-state index contributed by atoms with van der Waals surface area (Å²) in [6, 6.07) is 2.26. The van der Waals surface area contributed by atoms with Crippen LogP contribution in [0, 0.1) is 0 Å². The molecule has 0 aromatic carbocycles. The Hall–Kier alpha value is -2.18. The summed E-state index contributed by atoms with van der Waals surface area (Å²) in [5.74, 6) is -1.33. The van der Waals surface area contributed by atoms with Crippen molar-refractivity contribution in [1.29, 1.82) is 0 Å². The van der Waals surface area contributed by atoms with Crippen molar-refractivity contribution < 1.29 is 14.7 Å². The lowest BCUT2D eigenvalue weighted by molar-refractivity contribution is -0.138. The third-order valence-electron chi connectivity index (χ3n) is 3.12. The third-order valence-corrected chi connectivity index (χ3v) is 3.12. The molecule has 0 spiro atoms. The zero-order valence-electron chi connectivity index (χ0n) is 12.6. The van der Waals surface area contributed by atoms with Crippen molar-refractivity contribution in [3.8, 4) is 0 Å². The molecule has 21 heavy (non-hydrogen) atoms. The van der Waals surface area contributed by atoms with Gasteiger partial charge in [0, 0.05) is 25.2 Å². The first-order chi connectivity index (χ1) is 9.90. The van der Waals surface area contributed by atoms with Crippen molar-refractivity contribution in [2.75, 3.05) is 6.54 Å². The molecule has 0 fully saturated rings. The minimum atomic E-state index is -0.960. The summed E-state index contributed by atoms with van der Waals surface area (Å²) in [7, 11) is 0. The van der Waals surface area contributed by atoms with Crippen molar-refractivity contribution in [1.82, 2.24) is 14.7 Å². The van der Waals surface area contributed by atoms with Crippen LogP contribution in [0.3, 0.4) is 0 Å². The molecule has 1 N–H and O–H groups in total. The van der Waals surface area contributed by atoms with E-state index in [-0.39, 0.29) is 23.6 Å². The summed E-state index contributed by atoms with van der Waals surface area (Å²) < 4.78 is 1.25. The highest BCUT2D eigenvalue weighted by Gasteiger charge is 2.23. The molecule has 1 unspecified atom stereocenters. The molecule has 1 atom stereocenters. The molecule has 0 aliphatic rings. The molecule has 1 amide bonds. The second-order valence-electron chi connectivity index (χ2n) is 4.82. The molecule has 0 saturated heterocycles. The molecule has 1 aromatic heterocycles. The summed E-state index contributed by atoms with van der Waals surface area (Å²) in [4.78, 5) is 36.2. The van der Waals surface area contributed by atoms with E-state index >= 15 is 0 Å². The highest BCUT2D eigenvalue weighted by Crippen LogP contribution is 2.08. The Morgan fingerprint density at radius 3 is 2.57 bits per heavy atom. The van der Waals surface area contributed by atoms with E-state index in [4.69, 9.17) is 5.11 Å². The quantitative estimate of drug-likeness (QED) is 0.809. The molecule has 7 heteroatoms. The molecule has 0 radical (unpaired) electrons. The molecular formula is C14H21N3O4. The Morgan fingerprint density at radius 1 is 1.38 bits per heavy atom. The van der Waals surface area contributed by atoms with Crippen molar-refractivity contribution in [2.45, 2.75) is 46.2 Å². The number of hydrogen-bond acceptors (Lipinski definition) is 4. The van der Waals surface area contributed by atoms with Crippen LogP contribution in [-0.4, -0.2) is 44.3 Å². The number of carboxylic acids is 1. The van der Waals surface area contributed by atoms with Gasteiger partial charge in [-0.2, -0.15) is 5.10 Å². The van der Waals surface area contributed by atoms with Crippen LogP contribution in [0.4, 0.5) is 0 Å². The predicted octanol–water partition coefficient (Wildman–Crippen LogP) is 0.979. The van der Waals surface area contributed by atoms with Gasteiger partial charge in [-0.15, -0.1) is 0 Å². The van der Waals surface area contributed by atoms with Gasteiger partial charge in [0.15, 0.2) is 0 Å². The highest BCUT2D eigenvalue weighted by molar-refractivity contribution is 5.92. The van der Waals surface area contributed by atoms with Crippen LogP contribution < -0.4 is 5.56 Å². The maximum Gasteiger partial charge on any atom is 0.305 e. The summed E-state index contributed by atoms with van der Waals surface area (Å²) in [6.07, 6.45) is 0.603. The number of hydrogen-bond donors (Lipinski definition) is 1. The van der Waals surface area contributed by atoms with Gasteiger partial charge >= 0.3 is 5.97 Å². The average molecular weight is 295 g/mol. The largest absolute Gasteiger partial charge is 0.481 e. The zero-order valence-corrected chi connectivity index (χ0v) is 12.6. The Morgan fingerprint density at radius 2 is 2.05 bits per heavy atom. The van der Waals surface area contributed by atoms with Gasteiger partial charge in [0.25, 0.3) is 11.5 Å². The first kappa shape index (κ1) is 16.9. The van der Waals surface area contributed by atoms with Gasteiger partial charge in [-0.1, -0.05) is 6.92 Å². The van der Waals surface area contributed by atoms with Crippen molar-refractivity contribution in [3.63, 3.8) is 0 Å². The number of amides is 1. The minimum Gasteiger partial charge on any atom is -0.481 e. The van der Waals surface area contributed by atoms with E-state index in [1.54, 1.807) is 13.8 Å². The molecule has 116 valence electrons. The van der Waals surface area contributed by atoms with Gasteiger partial charge < -0.3 is 10.0 Å². The topological polar surface area (TPSA) is 92.5 Å². The number of aromatic nitrogens is 2. The lowest BCUT2D eigenvalue weighted by atomic mass is 10.2. The van der Waals surface area contributed by atoms with E-state index in [9.17, 15) is 14.4 Å². The monoisotopic (exact) mass is 295 g/mol. The summed E-state index contributed by atoms with van der Waals surface area (Å²) in [5.41, 5.74) is -0.0998. The second kappa shape index (κ2) is 7.56. The van der Waals surface area contributed by atoms with Gasteiger partial charge in [0.05, 0.1) is 6.42 Å². The fourth-order valence-corrected chi connectivity index (χ4v) is 2.10. The molecule has 0 bridgehead atoms. The minimum absolute atomic E-state index is 0.131. The number of carboxylic acid groups (broad SMARTS) is 1. The van der Waals surface area contributed by atoms with Gasteiger partial charge in [-0.25, -0.2) is 4.68 Å². The molecule has 0 aliphatic heterocycles. The standard InChI is InChI=1S/C14H21N3O4/c1-4-8-17-12(18)7-6-11(15-17)14(21)16(5-2)10(3)9-13(19)20/h6-7,10H,4-5,8-9H2,1-3H3,(H,19,20). The van der Waals surface area contributed by atoms with E-state index in [0.717, 1.165) is 6.42 Å². The zero-order chi connectivity index (χ0) is 16.0. The van der Waals surface area contributed by atoms with Crippen molar-refractivity contribution >= 4 is 11.9 Å². The van der Waals surface area contributed by atoms with Crippen LogP contribution in [0.2, 0.25) is 0 Å². The van der Waals surface area contributed by atoms with E-state index in [0.29, 0.717) is 13.1 Å². The number of rotatable bonds is 7. The third kappa shape index (κ3) is 4.40. The van der Waals surface area contributed by atoms with E-state index < -0.39 is 12.0 Å². The Bertz CT molecular complexity index is 568. The van der Waals surface area contributed by atoms with Gasteiger partial charge in [0.1, 0.15) is 5.69 Å². The van der Waals surface area contributed by atoms with E-state index in [1.807, 2.05) is 6.92 Å². The maximum absolute atomic E-state index is 12.4. The SMILES string of the molecule is CCCn1nc(C(=O)N(CC)C(C)CC(=O)O)ccc1=O. The molecule has 1 aromatic rings. The number of aliphatic carboxylic acids is 1. The van der Waals surface area contributed by atoms with Gasteiger partial charge in [0.2, 0.25) is 0 Å². The number of nitrogens with zero attached hydrogens (tertiary/aromatic N) is 3. The fourth-order valence-electron chi connectivity index (χ4n) is 2.10. The lowest BCUT2D eigenvalue weighted by Gasteiger charge is -2.26. The average Bonchev–Trinajstić information content (AvgIpc) is 2.41. The van der Waals surface area contributed by atoms with Gasteiger partial charge in [-0.3, -0.25) is 14.4 Å². The Balaban J connectivity index is 3.02. The van der Waals surface area contributed by atoms with Gasteiger partial charge in [-0.05, 0) is 26.3 Å². The van der Waals surface area contributed by atoms with Crippen LogP contribution in [0.15, 0.2) is 16.9 Å². The first-order valence-electron chi connectivity index (χ1n) is 7.01. The van der Waals surface area contributed by atoms with Crippen LogP contribution in [0.25, 0.3) is 0 Å². The Labute approximate surface area is 123 Å². The lowest BCUT2D eigenvalue weighted by Crippen LogP contribution is -2.41. The summed E-state index contributed by atoms with van der Waals surface area (Å²) >= 11 is 0. The number of carbonyl (C=O) groups is 2. The fraction of sp³-hybridized carbons (Fsp3) is 0.571. The summed E-state index contributed by atoms with van der Waals surface area (Å²) in [5, 5.41) is 12.9. The maximum atomic E-state index is 12.4. The van der Waals surface area contributed by atoms with Crippen LogP contribution in [0.5, 0.6) is 0 Å². The van der Waals surface area contributed by atoms with Crippen molar-refractivity contribution in [2.24, 2.45) is 0 Å². The molecule has 1 heterocycles. The van der Waals surface area contributed by atoms with E-state index in [2.05, 4.69) is 5.10 Å². The predicted molar refractivity (Wildman–Crippen MR) is 77.2 cm³/mol. The second-order valence-corrected chi connectivity index (χ2v) is 4.82. The van der Waals surface area contributed by atoms with Crippen LogP contribution in [0.1, 0.15) is 44.1 Å². The highest BCUT2D eigenvalue weighted by atomic mass is 16.4. The number of aryl methyl sites for hydroxylation is 1. The molecular weight excluding hydrogens is 274 g/mol. The summed E-state index contributed by atoms with van der Waals surface area (Å²) in [6.45, 7) is 6.18. The Kier molecular flexibility index (Phi) is 6.08. The number of carbonyl (C=O) groups excluding carboxylic acids is 1. The van der Waals surface area contributed by atoms with Crippen LogP contribution >= 0.6 is 0 Å². The molecule has 0 saturated carbocycles.